The molecule has 0 unspecified atom stereocenters. The second kappa shape index (κ2) is 5.92. The van der Waals surface area contributed by atoms with Gasteiger partial charge >= 0.3 is 5.97 Å². The molecule has 0 aromatic rings. The average molecular weight is 158 g/mol. The van der Waals surface area contributed by atoms with Crippen LogP contribution < -0.4 is 0 Å². The van der Waals surface area contributed by atoms with Gasteiger partial charge < -0.3 is 0 Å². The van der Waals surface area contributed by atoms with E-state index in [4.69, 9.17) is 5.26 Å². The normalized spacial score (nSPS) is 13.6. The maximum absolute atomic E-state index is 9.94. The second-order valence-corrected chi connectivity index (χ2v) is 2.57. The van der Waals surface area contributed by atoms with E-state index in [1.165, 1.54) is 32.6 Å². The Hall–Kier alpha value is -0.830. The topological polar surface area (TPSA) is 46.5 Å². The Labute approximate surface area is 66.6 Å². The lowest BCUT2D eigenvalue weighted by atomic mass is 10.0. The summed E-state index contributed by atoms with van der Waals surface area (Å²) in [6.07, 6.45) is 6.00. The monoisotopic (exact) mass is 158 g/mol. The molecule has 1 rings (SSSR count). The minimum absolute atomic E-state index is 0.183. The van der Waals surface area contributed by atoms with E-state index in [2.05, 4.69) is 11.5 Å². The molecule has 0 aliphatic heterocycles. The van der Waals surface area contributed by atoms with Gasteiger partial charge in [0, 0.05) is 5.57 Å². The summed E-state index contributed by atoms with van der Waals surface area (Å²) in [5.41, 5.74) is 0.183. The highest BCUT2D eigenvalue weighted by atomic mass is 17.1. The minimum Gasteiger partial charge on any atom is -0.296 e. The van der Waals surface area contributed by atoms with E-state index in [-0.39, 0.29) is 5.57 Å². The largest absolute Gasteiger partial charge is 0.367 e. The minimum atomic E-state index is -0.792. The summed E-state index contributed by atoms with van der Waals surface area (Å²) in [5, 5.41) is 7.59. The van der Waals surface area contributed by atoms with Crippen molar-refractivity contribution in [3.05, 3.63) is 12.2 Å². The van der Waals surface area contributed by atoms with Crippen molar-refractivity contribution in [1.82, 2.24) is 0 Å². The molecule has 0 spiro atoms. The zero-order chi connectivity index (χ0) is 8.69. The first-order chi connectivity index (χ1) is 5.18. The van der Waals surface area contributed by atoms with Gasteiger partial charge in [-0.3, -0.25) is 4.89 Å². The third-order valence-electron chi connectivity index (χ3n) is 1.43. The summed E-state index contributed by atoms with van der Waals surface area (Å²) in [6, 6.07) is 0. The first-order valence-electron chi connectivity index (χ1n) is 3.69. The fraction of sp³-hybridized carbons (Fsp3) is 0.625. The lowest BCUT2D eigenvalue weighted by molar-refractivity contribution is -0.229. The second-order valence-electron chi connectivity index (χ2n) is 2.57. The van der Waals surface area contributed by atoms with Crippen molar-refractivity contribution in [3.8, 4) is 0 Å². The van der Waals surface area contributed by atoms with E-state index in [0.717, 1.165) is 0 Å². The number of carbonyl (C=O) groups is 1. The Morgan fingerprint density at radius 2 is 1.73 bits per heavy atom. The van der Waals surface area contributed by atoms with Crippen LogP contribution in [0, 0.1) is 0 Å². The third kappa shape index (κ3) is 5.61. The molecule has 0 bridgehead atoms. The summed E-state index contributed by atoms with van der Waals surface area (Å²) in [6.45, 7) is 4.63. The molecular formula is C8H14O3. The summed E-state index contributed by atoms with van der Waals surface area (Å²) in [7, 11) is 0. The van der Waals surface area contributed by atoms with Gasteiger partial charge in [0.15, 0.2) is 0 Å². The zero-order valence-corrected chi connectivity index (χ0v) is 6.80. The van der Waals surface area contributed by atoms with Crippen LogP contribution in [-0.4, -0.2) is 11.2 Å². The fourth-order valence-electron chi connectivity index (χ4n) is 0.328. The SMILES string of the molecule is C1CCC1.C=C(C)C(=O)OO. The Morgan fingerprint density at radius 1 is 1.36 bits per heavy atom. The van der Waals surface area contributed by atoms with E-state index in [9.17, 15) is 4.79 Å². The highest BCUT2D eigenvalue weighted by Gasteiger charge is 1.98. The molecule has 0 radical (unpaired) electrons. The quantitative estimate of drug-likeness (QED) is 0.361. The highest BCUT2D eigenvalue weighted by molar-refractivity contribution is 5.86. The molecule has 0 aromatic heterocycles. The lowest BCUT2D eigenvalue weighted by Crippen LogP contribution is -1.99. The predicted octanol–water partition coefficient (Wildman–Crippen LogP) is 2.14. The van der Waals surface area contributed by atoms with E-state index in [1.807, 2.05) is 0 Å². The van der Waals surface area contributed by atoms with Crippen molar-refractivity contribution < 1.29 is 14.9 Å². The van der Waals surface area contributed by atoms with Gasteiger partial charge in [0.1, 0.15) is 0 Å². The number of carbonyl (C=O) groups excluding carboxylic acids is 1. The van der Waals surface area contributed by atoms with E-state index in [0.29, 0.717) is 0 Å². The summed E-state index contributed by atoms with van der Waals surface area (Å²) >= 11 is 0. The fourth-order valence-corrected chi connectivity index (χ4v) is 0.328. The van der Waals surface area contributed by atoms with Crippen molar-refractivity contribution in [3.63, 3.8) is 0 Å². The van der Waals surface area contributed by atoms with Crippen LogP contribution in [0.25, 0.3) is 0 Å². The Kier molecular flexibility index (Phi) is 5.47. The van der Waals surface area contributed by atoms with Crippen LogP contribution in [0.4, 0.5) is 0 Å². The van der Waals surface area contributed by atoms with Crippen LogP contribution in [0.15, 0.2) is 12.2 Å². The zero-order valence-electron chi connectivity index (χ0n) is 6.80. The molecule has 0 aromatic carbocycles. The van der Waals surface area contributed by atoms with Crippen molar-refractivity contribution in [2.45, 2.75) is 32.6 Å². The van der Waals surface area contributed by atoms with Gasteiger partial charge in [-0.15, -0.1) is 0 Å². The van der Waals surface area contributed by atoms with Gasteiger partial charge in [0.2, 0.25) is 0 Å². The molecule has 1 aliphatic carbocycles. The molecule has 0 amide bonds. The summed E-state index contributed by atoms with van der Waals surface area (Å²) < 4.78 is 0. The number of rotatable bonds is 1. The molecule has 0 atom stereocenters. The van der Waals surface area contributed by atoms with Gasteiger partial charge in [0.25, 0.3) is 0 Å². The van der Waals surface area contributed by atoms with E-state index in [1.54, 1.807) is 0 Å². The first-order valence-corrected chi connectivity index (χ1v) is 3.69. The van der Waals surface area contributed by atoms with Crippen molar-refractivity contribution in [2.75, 3.05) is 0 Å². The Bertz CT molecular complexity index is 132. The number of hydrogen-bond donors (Lipinski definition) is 1. The van der Waals surface area contributed by atoms with Gasteiger partial charge in [-0.2, -0.15) is 5.26 Å². The standard InChI is InChI=1S/C4H6O3.C4H8/c1-3(2)4(5)7-6;1-2-4-3-1/h6H,1H2,2H3;1-4H2. The van der Waals surface area contributed by atoms with Gasteiger partial charge in [-0.05, 0) is 6.92 Å². The highest BCUT2D eigenvalue weighted by Crippen LogP contribution is 2.15. The molecule has 64 valence electrons. The molecule has 1 N–H and O–H groups in total. The molecule has 0 saturated heterocycles. The van der Waals surface area contributed by atoms with Crippen LogP contribution >= 0.6 is 0 Å². The molecule has 1 fully saturated rings. The smallest absolute Gasteiger partial charge is 0.296 e. The van der Waals surface area contributed by atoms with Crippen molar-refractivity contribution in [2.24, 2.45) is 0 Å². The van der Waals surface area contributed by atoms with Gasteiger partial charge in [0.05, 0.1) is 0 Å². The molecular weight excluding hydrogens is 144 g/mol. The summed E-state index contributed by atoms with van der Waals surface area (Å²) in [5.74, 6) is -0.792. The molecule has 3 nitrogen and oxygen atoms in total. The van der Waals surface area contributed by atoms with Crippen LogP contribution in [0.5, 0.6) is 0 Å². The van der Waals surface area contributed by atoms with Gasteiger partial charge in [-0.1, -0.05) is 32.3 Å². The predicted molar refractivity (Wildman–Crippen MR) is 42.0 cm³/mol. The van der Waals surface area contributed by atoms with Crippen molar-refractivity contribution >= 4 is 5.97 Å². The Morgan fingerprint density at radius 3 is 1.73 bits per heavy atom. The van der Waals surface area contributed by atoms with Crippen LogP contribution in [0.3, 0.4) is 0 Å². The molecule has 0 heterocycles. The average Bonchev–Trinajstić information content (AvgIpc) is 1.82. The molecule has 1 saturated carbocycles. The molecule has 1 aliphatic rings. The maximum Gasteiger partial charge on any atom is 0.367 e. The van der Waals surface area contributed by atoms with Crippen LogP contribution in [-0.2, 0) is 9.68 Å². The lowest BCUT2D eigenvalue weighted by Gasteiger charge is -2.05. The van der Waals surface area contributed by atoms with Crippen LogP contribution in [0.2, 0.25) is 0 Å². The van der Waals surface area contributed by atoms with Crippen molar-refractivity contribution in [1.29, 1.82) is 0 Å². The Balaban J connectivity index is 0.000000207. The summed E-state index contributed by atoms with van der Waals surface area (Å²) in [4.78, 5) is 13.2. The first kappa shape index (κ1) is 10.2. The molecule has 3 heteroatoms. The maximum atomic E-state index is 9.94. The third-order valence-corrected chi connectivity index (χ3v) is 1.43. The van der Waals surface area contributed by atoms with E-state index < -0.39 is 5.97 Å². The van der Waals surface area contributed by atoms with Crippen LogP contribution in [0.1, 0.15) is 32.6 Å². The number of hydrogen-bond acceptors (Lipinski definition) is 3. The van der Waals surface area contributed by atoms with Gasteiger partial charge in [-0.25, -0.2) is 4.79 Å². The molecule has 11 heavy (non-hydrogen) atoms. The van der Waals surface area contributed by atoms with E-state index >= 15 is 0 Å².